The van der Waals surface area contributed by atoms with Crippen molar-refractivity contribution in [3.63, 3.8) is 0 Å². The first-order chi connectivity index (χ1) is 31.4. The van der Waals surface area contributed by atoms with Crippen molar-refractivity contribution < 1.29 is 5.48 Å². The first-order valence-corrected chi connectivity index (χ1v) is 20.4. The highest BCUT2D eigenvalue weighted by atomic mass is 15.1. The predicted molar refractivity (Wildman–Crippen MR) is 252 cm³/mol. The number of rotatable bonds is 8. The normalized spacial score (nSPS) is 13.4. The second kappa shape index (κ2) is 14.9. The molecule has 1 aliphatic rings. The average molecular weight is 768 g/mol. The fourth-order valence-corrected chi connectivity index (χ4v) is 9.19. The van der Waals surface area contributed by atoms with Gasteiger partial charge >= 0.3 is 0 Å². The van der Waals surface area contributed by atoms with Crippen LogP contribution in [0.2, 0.25) is 0 Å². The second-order valence-corrected chi connectivity index (χ2v) is 15.4. The molecular weight excluding hydrogens is 723 g/mol. The van der Waals surface area contributed by atoms with Crippen LogP contribution >= 0.6 is 0 Å². The Labute approximate surface area is 357 Å². The maximum atomic E-state index is 9.81. The van der Waals surface area contributed by atoms with Crippen LogP contribution in [-0.2, 0) is 5.41 Å². The topological polar surface area (TPSA) is 3.24 Å². The van der Waals surface area contributed by atoms with E-state index in [1.54, 1.807) is 0 Å². The van der Waals surface area contributed by atoms with E-state index >= 15 is 0 Å². The first-order valence-electron chi connectivity index (χ1n) is 22.4. The zero-order valence-corrected chi connectivity index (χ0v) is 32.8. The lowest BCUT2D eigenvalue weighted by molar-refractivity contribution is 0.768. The van der Waals surface area contributed by atoms with Gasteiger partial charge in [0.25, 0.3) is 0 Å². The van der Waals surface area contributed by atoms with Crippen LogP contribution in [0.25, 0.3) is 55.3 Å². The van der Waals surface area contributed by atoms with Crippen LogP contribution in [0, 0.1) is 0 Å². The molecule has 0 bridgehead atoms. The van der Waals surface area contributed by atoms with Crippen LogP contribution in [0.15, 0.2) is 249 Å². The van der Waals surface area contributed by atoms with E-state index in [0.717, 1.165) is 66.5 Å². The molecule has 0 unspecified atom stereocenters. The molecule has 60 heavy (non-hydrogen) atoms. The van der Waals surface area contributed by atoms with Crippen molar-refractivity contribution in [1.82, 2.24) is 0 Å². The molecule has 1 aliphatic carbocycles. The summed E-state index contributed by atoms with van der Waals surface area (Å²) < 4.78 is 38.8. The molecule has 10 aromatic carbocycles. The minimum Gasteiger partial charge on any atom is -0.310 e. The predicted octanol–water partition coefficient (Wildman–Crippen LogP) is 15.7. The summed E-state index contributed by atoms with van der Waals surface area (Å²) in [6.07, 6.45) is 0. The van der Waals surface area contributed by atoms with E-state index in [1.165, 1.54) is 5.56 Å². The van der Waals surface area contributed by atoms with Gasteiger partial charge in [-0.2, -0.15) is 0 Å². The van der Waals surface area contributed by atoms with Crippen molar-refractivity contribution in [3.8, 4) is 44.5 Å². The third-order valence-electron chi connectivity index (χ3n) is 12.0. The maximum absolute atomic E-state index is 9.81. The van der Waals surface area contributed by atoms with Gasteiger partial charge in [-0.1, -0.05) is 206 Å². The highest BCUT2D eigenvalue weighted by Crippen LogP contribution is 2.57. The Kier molecular flexibility index (Phi) is 7.76. The van der Waals surface area contributed by atoms with Gasteiger partial charge in [0, 0.05) is 17.1 Å². The van der Waals surface area contributed by atoms with Crippen LogP contribution < -0.4 is 4.90 Å². The van der Waals surface area contributed by atoms with Gasteiger partial charge in [0.1, 0.15) is 0 Å². The number of hydrogen-bond acceptors (Lipinski definition) is 1. The average Bonchev–Trinajstić information content (AvgIpc) is 3.66. The van der Waals surface area contributed by atoms with E-state index in [4.69, 9.17) is 0 Å². The van der Waals surface area contributed by atoms with Gasteiger partial charge in [-0.05, 0) is 120 Å². The van der Waals surface area contributed by atoms with Crippen molar-refractivity contribution in [1.29, 1.82) is 0 Å². The van der Waals surface area contributed by atoms with Crippen molar-refractivity contribution in [2.24, 2.45) is 0 Å². The summed E-state index contributed by atoms with van der Waals surface area (Å²) in [7, 11) is 0. The Bertz CT molecular complexity index is 3300. The number of fused-ring (bicyclic) bond motifs is 4. The van der Waals surface area contributed by atoms with Gasteiger partial charge < -0.3 is 4.90 Å². The molecule has 0 spiro atoms. The van der Waals surface area contributed by atoms with E-state index in [9.17, 15) is 5.48 Å². The SMILES string of the molecule is [2H]c1c([2H])c(N(c2cccc(-c3ccc4ccccc4c3)c2)c2ccc3c(c2)C(c2ccccc2)(c2ccccc2)c2ccccc2-3)c([2H])c([2H])c1-c1ccc(-c2ccccc2)cc1. The number of nitrogens with zero attached hydrogens (tertiary/aromatic N) is 1. The largest absolute Gasteiger partial charge is 0.310 e. The van der Waals surface area contributed by atoms with Crippen molar-refractivity contribution in [3.05, 3.63) is 271 Å². The van der Waals surface area contributed by atoms with Gasteiger partial charge in [-0.25, -0.2) is 0 Å². The summed E-state index contributed by atoms with van der Waals surface area (Å²) in [4.78, 5) is 1.93. The minimum atomic E-state index is -0.687. The van der Waals surface area contributed by atoms with Gasteiger partial charge in [-0.15, -0.1) is 0 Å². The lowest BCUT2D eigenvalue weighted by Crippen LogP contribution is -2.28. The molecule has 11 rings (SSSR count). The summed E-state index contributed by atoms with van der Waals surface area (Å²) in [5.41, 5.74) is 12.6. The molecule has 0 heterocycles. The third-order valence-corrected chi connectivity index (χ3v) is 12.0. The Morgan fingerprint density at radius 2 is 0.817 bits per heavy atom. The molecule has 0 aromatic heterocycles. The van der Waals surface area contributed by atoms with E-state index < -0.39 is 5.41 Å². The summed E-state index contributed by atoms with van der Waals surface area (Å²) in [5, 5.41) is 2.28. The van der Waals surface area contributed by atoms with Crippen LogP contribution in [0.5, 0.6) is 0 Å². The van der Waals surface area contributed by atoms with Crippen molar-refractivity contribution in [2.75, 3.05) is 4.90 Å². The molecule has 1 heteroatoms. The standard InChI is InChI=1S/C59H41N/c1-4-15-42(16-5-1)44-27-29-45(30-28-44)46-33-35-52(36-34-46)60(53-24-14-19-48(40-53)49-32-31-43-17-10-11-18-47(43)39-49)54-37-38-56-55-25-12-13-26-57(55)59(58(56)41-54,50-20-6-2-7-21-50)51-22-8-3-9-23-51/h1-41H/i33D,34D,35D,36D. The van der Waals surface area contributed by atoms with Crippen LogP contribution in [-0.4, -0.2) is 0 Å². The Hall–Kier alpha value is -7.74. The van der Waals surface area contributed by atoms with Crippen molar-refractivity contribution >= 4 is 27.8 Å². The monoisotopic (exact) mass is 767 g/mol. The maximum Gasteiger partial charge on any atom is 0.0714 e. The van der Waals surface area contributed by atoms with Gasteiger partial charge in [-0.3, -0.25) is 0 Å². The van der Waals surface area contributed by atoms with Crippen LogP contribution in [0.3, 0.4) is 0 Å². The molecule has 0 aliphatic heterocycles. The zero-order valence-electron chi connectivity index (χ0n) is 36.8. The van der Waals surface area contributed by atoms with Gasteiger partial charge in [0.15, 0.2) is 0 Å². The Balaban J connectivity index is 1.15. The van der Waals surface area contributed by atoms with E-state index in [0.29, 0.717) is 11.3 Å². The van der Waals surface area contributed by atoms with Gasteiger partial charge in [0.05, 0.1) is 10.9 Å². The molecular formula is C59H41N. The third kappa shape index (κ3) is 6.03. The fourth-order valence-electron chi connectivity index (χ4n) is 9.19. The van der Waals surface area contributed by atoms with E-state index in [1.807, 2.05) is 95.9 Å². The fraction of sp³-hybridized carbons (Fsp3) is 0.0169. The Morgan fingerprint density at radius 1 is 0.300 bits per heavy atom. The van der Waals surface area contributed by atoms with E-state index in [2.05, 4.69) is 133 Å². The highest BCUT2D eigenvalue weighted by Gasteiger charge is 2.46. The number of hydrogen-bond donors (Lipinski definition) is 0. The summed E-state index contributed by atoms with van der Waals surface area (Å²) in [5.74, 6) is 0. The second-order valence-electron chi connectivity index (χ2n) is 15.4. The zero-order chi connectivity index (χ0) is 43.4. The first kappa shape index (κ1) is 31.3. The number of benzene rings is 10. The molecule has 0 amide bonds. The quantitative estimate of drug-likeness (QED) is 0.149. The summed E-state index contributed by atoms with van der Waals surface area (Å²) in [6.45, 7) is 0. The molecule has 0 saturated heterocycles. The van der Waals surface area contributed by atoms with E-state index in [-0.39, 0.29) is 35.4 Å². The van der Waals surface area contributed by atoms with Crippen LogP contribution in [0.1, 0.15) is 27.7 Å². The summed E-state index contributed by atoms with van der Waals surface area (Å²) >= 11 is 0. The lowest BCUT2D eigenvalue weighted by atomic mass is 9.67. The Morgan fingerprint density at radius 3 is 1.53 bits per heavy atom. The number of anilines is 3. The molecule has 282 valence electrons. The molecule has 0 atom stereocenters. The van der Waals surface area contributed by atoms with Gasteiger partial charge in [0.2, 0.25) is 0 Å². The lowest BCUT2D eigenvalue weighted by Gasteiger charge is -2.35. The molecule has 0 saturated carbocycles. The van der Waals surface area contributed by atoms with Crippen LogP contribution in [0.4, 0.5) is 17.1 Å². The smallest absolute Gasteiger partial charge is 0.0714 e. The molecule has 10 aromatic rings. The summed E-state index contributed by atoms with van der Waals surface area (Å²) in [6, 6.07) is 76.6. The molecule has 0 N–H and O–H groups in total. The highest BCUT2D eigenvalue weighted by molar-refractivity contribution is 5.91. The molecule has 0 fully saturated rings. The molecule has 1 nitrogen and oxygen atoms in total. The molecule has 0 radical (unpaired) electrons. The van der Waals surface area contributed by atoms with Crippen molar-refractivity contribution in [2.45, 2.75) is 5.41 Å². The minimum absolute atomic E-state index is 0.101.